The molecule has 1 aliphatic heterocycles. The molecule has 0 bridgehead atoms. The summed E-state index contributed by atoms with van der Waals surface area (Å²) < 4.78 is 7.83. The molecule has 1 fully saturated rings. The fourth-order valence-corrected chi connectivity index (χ4v) is 5.96. The number of amides is 1. The van der Waals surface area contributed by atoms with Gasteiger partial charge in [-0.25, -0.2) is 9.97 Å². The Bertz CT molecular complexity index is 1610. The van der Waals surface area contributed by atoms with Gasteiger partial charge < -0.3 is 9.32 Å². The van der Waals surface area contributed by atoms with Gasteiger partial charge in [0.25, 0.3) is 11.8 Å². The fraction of sp³-hybridized carbons (Fsp3) is 0.310. The second-order valence-electron chi connectivity index (χ2n) is 10.0. The average Bonchev–Trinajstić information content (AvgIpc) is 3.76. The molecule has 0 radical (unpaired) electrons. The number of aryl methyl sites for hydroxylation is 2. The highest BCUT2D eigenvalue weighted by Gasteiger charge is 2.33. The number of likely N-dealkylation sites (tertiary alicyclic amines) is 1. The van der Waals surface area contributed by atoms with Crippen molar-refractivity contribution in [2.75, 3.05) is 6.54 Å². The Balaban J connectivity index is 1.34. The van der Waals surface area contributed by atoms with Crippen LogP contribution in [0.5, 0.6) is 0 Å². The number of rotatable bonds is 7. The Morgan fingerprint density at radius 2 is 1.97 bits per heavy atom. The monoisotopic (exact) mass is 539 g/mol. The maximum Gasteiger partial charge on any atom is 0.266 e. The molecule has 10 heteroatoms. The van der Waals surface area contributed by atoms with E-state index >= 15 is 0 Å². The highest BCUT2D eigenvalue weighted by atomic mass is 32.1. The first-order chi connectivity index (χ1) is 18.9. The Morgan fingerprint density at radius 1 is 1.15 bits per heavy atom. The number of carbonyl (C=O) groups excluding carboxylic acids is 1. The fourth-order valence-electron chi connectivity index (χ4n) is 5.01. The van der Waals surface area contributed by atoms with Crippen molar-refractivity contribution in [2.45, 2.75) is 45.1 Å². The van der Waals surface area contributed by atoms with Gasteiger partial charge in [-0.1, -0.05) is 37.3 Å². The lowest BCUT2D eigenvalue weighted by molar-refractivity contribution is 0.0735. The number of pyridine rings is 1. The van der Waals surface area contributed by atoms with Crippen molar-refractivity contribution in [3.8, 4) is 22.8 Å². The highest BCUT2D eigenvalue weighted by molar-refractivity contribution is 7.09. The molecule has 0 spiro atoms. The first-order valence-corrected chi connectivity index (χ1v) is 13.9. The molecule has 9 nitrogen and oxygen atoms in total. The Kier molecular flexibility index (Phi) is 6.78. The van der Waals surface area contributed by atoms with Gasteiger partial charge in [-0.05, 0) is 43.9 Å². The van der Waals surface area contributed by atoms with Crippen LogP contribution in [-0.2, 0) is 13.5 Å². The predicted molar refractivity (Wildman–Crippen MR) is 148 cm³/mol. The summed E-state index contributed by atoms with van der Waals surface area (Å²) in [5.74, 6) is 0.798. The maximum atomic E-state index is 13.9. The van der Waals surface area contributed by atoms with Gasteiger partial charge in [-0.2, -0.15) is 5.10 Å². The standard InChI is InChI=1S/C29H29N7O2S/c1-18(12-20-8-5-4-6-9-20)26-33-34-27(38-26)24-14-21(13-23(32-24)22-15-30-35(3)16-22)29(37)36-11-7-10-25(36)28-31-19(2)17-39-28/h4-6,8-9,13-18,25H,7,10-12H2,1-3H3/t18-,25+/m0/s1. The van der Waals surface area contributed by atoms with Crippen LogP contribution in [0.2, 0.25) is 0 Å². The zero-order chi connectivity index (χ0) is 26.9. The lowest BCUT2D eigenvalue weighted by Crippen LogP contribution is -2.30. The minimum atomic E-state index is -0.0590. The maximum absolute atomic E-state index is 13.9. The third-order valence-electron chi connectivity index (χ3n) is 6.97. The van der Waals surface area contributed by atoms with Gasteiger partial charge in [-0.3, -0.25) is 9.48 Å². The number of aromatic nitrogens is 6. The van der Waals surface area contributed by atoms with Crippen LogP contribution in [0.25, 0.3) is 22.8 Å². The molecule has 1 aliphatic rings. The van der Waals surface area contributed by atoms with E-state index in [9.17, 15) is 4.79 Å². The van der Waals surface area contributed by atoms with Crippen molar-refractivity contribution >= 4 is 17.2 Å². The first-order valence-electron chi connectivity index (χ1n) is 13.1. The summed E-state index contributed by atoms with van der Waals surface area (Å²) >= 11 is 1.61. The van der Waals surface area contributed by atoms with Crippen molar-refractivity contribution in [3.05, 3.63) is 88.0 Å². The Labute approximate surface area is 230 Å². The van der Waals surface area contributed by atoms with Crippen LogP contribution in [0.1, 0.15) is 64.2 Å². The number of benzene rings is 1. The smallest absolute Gasteiger partial charge is 0.266 e. The van der Waals surface area contributed by atoms with Gasteiger partial charge in [-0.15, -0.1) is 21.5 Å². The van der Waals surface area contributed by atoms with Crippen LogP contribution in [0, 0.1) is 6.92 Å². The summed E-state index contributed by atoms with van der Waals surface area (Å²) in [4.78, 5) is 25.3. The Hall–Kier alpha value is -4.18. The molecule has 1 amide bonds. The van der Waals surface area contributed by atoms with Crippen LogP contribution >= 0.6 is 11.3 Å². The van der Waals surface area contributed by atoms with Crippen LogP contribution in [0.3, 0.4) is 0 Å². The molecule has 198 valence electrons. The largest absolute Gasteiger partial charge is 0.419 e. The lowest BCUT2D eigenvalue weighted by atomic mass is 10.0. The van der Waals surface area contributed by atoms with E-state index in [1.54, 1.807) is 28.3 Å². The molecule has 39 heavy (non-hydrogen) atoms. The van der Waals surface area contributed by atoms with E-state index < -0.39 is 0 Å². The summed E-state index contributed by atoms with van der Waals surface area (Å²) in [5.41, 5.74) is 4.60. The second-order valence-corrected chi connectivity index (χ2v) is 10.9. The normalized spacial score (nSPS) is 16.1. The molecule has 5 aromatic rings. The van der Waals surface area contributed by atoms with E-state index in [1.807, 2.05) is 54.7 Å². The number of carbonyl (C=O) groups is 1. The van der Waals surface area contributed by atoms with E-state index in [1.165, 1.54) is 5.56 Å². The van der Waals surface area contributed by atoms with Crippen molar-refractivity contribution in [3.63, 3.8) is 0 Å². The number of thiazole rings is 1. The zero-order valence-corrected chi connectivity index (χ0v) is 22.9. The van der Waals surface area contributed by atoms with Crippen molar-refractivity contribution in [1.82, 2.24) is 34.8 Å². The third kappa shape index (κ3) is 5.24. The highest BCUT2D eigenvalue weighted by Crippen LogP contribution is 2.36. The second kappa shape index (κ2) is 10.5. The summed E-state index contributed by atoms with van der Waals surface area (Å²) in [6.45, 7) is 4.73. The van der Waals surface area contributed by atoms with Crippen molar-refractivity contribution in [2.24, 2.45) is 7.05 Å². The molecule has 1 aromatic carbocycles. The molecule has 5 heterocycles. The van der Waals surface area contributed by atoms with E-state index in [-0.39, 0.29) is 17.9 Å². The minimum absolute atomic E-state index is 0.0245. The molecule has 0 saturated carbocycles. The van der Waals surface area contributed by atoms with E-state index in [0.29, 0.717) is 35.3 Å². The van der Waals surface area contributed by atoms with Gasteiger partial charge in [0, 0.05) is 47.9 Å². The zero-order valence-electron chi connectivity index (χ0n) is 22.1. The predicted octanol–water partition coefficient (Wildman–Crippen LogP) is 5.62. The molecule has 2 atom stereocenters. The van der Waals surface area contributed by atoms with Crippen LogP contribution < -0.4 is 0 Å². The molecular weight excluding hydrogens is 510 g/mol. The number of hydrogen-bond acceptors (Lipinski definition) is 8. The van der Waals surface area contributed by atoms with E-state index in [2.05, 4.69) is 39.3 Å². The Morgan fingerprint density at radius 3 is 2.72 bits per heavy atom. The number of hydrogen-bond donors (Lipinski definition) is 0. The van der Waals surface area contributed by atoms with Crippen LogP contribution in [-0.4, -0.2) is 47.3 Å². The van der Waals surface area contributed by atoms with Crippen molar-refractivity contribution in [1.29, 1.82) is 0 Å². The third-order valence-corrected chi connectivity index (χ3v) is 8.04. The summed E-state index contributed by atoms with van der Waals surface area (Å²) in [5, 5.41) is 16.0. The molecular formula is C29H29N7O2S. The first kappa shape index (κ1) is 25.1. The van der Waals surface area contributed by atoms with Gasteiger partial charge in [0.05, 0.1) is 17.9 Å². The summed E-state index contributed by atoms with van der Waals surface area (Å²) in [7, 11) is 1.85. The molecule has 6 rings (SSSR count). The lowest BCUT2D eigenvalue weighted by Gasteiger charge is -2.23. The molecule has 1 saturated heterocycles. The van der Waals surface area contributed by atoms with E-state index in [4.69, 9.17) is 9.40 Å². The average molecular weight is 540 g/mol. The van der Waals surface area contributed by atoms with Crippen LogP contribution in [0.15, 0.2) is 64.7 Å². The SMILES string of the molecule is Cc1csc([C@H]2CCCN2C(=O)c2cc(-c3cnn(C)c3)nc(-c3nnc([C@@H](C)Cc4ccccc4)o3)c2)n1. The molecule has 0 unspecified atom stereocenters. The van der Waals surface area contributed by atoms with Gasteiger partial charge in [0.2, 0.25) is 5.89 Å². The summed E-state index contributed by atoms with van der Waals surface area (Å²) in [6.07, 6.45) is 6.23. The summed E-state index contributed by atoms with van der Waals surface area (Å²) in [6, 6.07) is 13.8. The molecule has 4 aromatic heterocycles. The van der Waals surface area contributed by atoms with Gasteiger partial charge in [0.15, 0.2) is 0 Å². The van der Waals surface area contributed by atoms with E-state index in [0.717, 1.165) is 35.5 Å². The van der Waals surface area contributed by atoms with Crippen LogP contribution in [0.4, 0.5) is 0 Å². The molecule has 0 N–H and O–H groups in total. The molecule has 0 aliphatic carbocycles. The quantitative estimate of drug-likeness (QED) is 0.264. The topological polar surface area (TPSA) is 103 Å². The number of nitrogens with zero attached hydrogens (tertiary/aromatic N) is 7. The van der Waals surface area contributed by atoms with Gasteiger partial charge in [0.1, 0.15) is 10.7 Å². The van der Waals surface area contributed by atoms with Gasteiger partial charge >= 0.3 is 0 Å². The minimum Gasteiger partial charge on any atom is -0.419 e. The van der Waals surface area contributed by atoms with Crippen molar-refractivity contribution < 1.29 is 9.21 Å².